The lowest BCUT2D eigenvalue weighted by atomic mass is 10.0. The van der Waals surface area contributed by atoms with Gasteiger partial charge < -0.3 is 25.0 Å². The minimum absolute atomic E-state index is 0.0241. The molecule has 0 aliphatic carbocycles. The number of hydrogen-bond donors (Lipinski definition) is 2. The van der Waals surface area contributed by atoms with Gasteiger partial charge in [0.05, 0.1) is 20.3 Å². The van der Waals surface area contributed by atoms with E-state index in [1.807, 2.05) is 54.8 Å². The number of anilines is 1. The van der Waals surface area contributed by atoms with Crippen LogP contribution in [0.3, 0.4) is 0 Å². The van der Waals surface area contributed by atoms with Gasteiger partial charge in [0.2, 0.25) is 0 Å². The summed E-state index contributed by atoms with van der Waals surface area (Å²) in [6.45, 7) is 5.60. The third kappa shape index (κ3) is 6.61. The van der Waals surface area contributed by atoms with Crippen molar-refractivity contribution in [3.8, 4) is 11.5 Å². The third-order valence-corrected chi connectivity index (χ3v) is 7.59. The zero-order valence-electron chi connectivity index (χ0n) is 21.5. The van der Waals surface area contributed by atoms with Crippen LogP contribution in [0.1, 0.15) is 23.4 Å². The molecule has 4 rings (SSSR count). The van der Waals surface area contributed by atoms with Crippen LogP contribution in [-0.2, 0) is 16.1 Å². The average Bonchev–Trinajstić information content (AvgIpc) is 3.46. The minimum Gasteiger partial charge on any atom is -0.497 e. The fourth-order valence-corrected chi connectivity index (χ4v) is 5.67. The van der Waals surface area contributed by atoms with E-state index in [-0.39, 0.29) is 18.6 Å². The number of nitrogens with zero attached hydrogens (tertiary/aromatic N) is 2. The number of rotatable bonds is 9. The maximum atomic E-state index is 12.8. The molecule has 0 unspecified atom stereocenters. The summed E-state index contributed by atoms with van der Waals surface area (Å²) in [6.07, 6.45) is 0. The Morgan fingerprint density at radius 3 is 2.30 bits per heavy atom. The molecule has 8 nitrogen and oxygen atoms in total. The Balaban J connectivity index is 1.36. The van der Waals surface area contributed by atoms with E-state index in [9.17, 15) is 9.59 Å². The molecule has 0 radical (unpaired) electrons. The van der Waals surface area contributed by atoms with Gasteiger partial charge in [0.1, 0.15) is 11.5 Å². The zero-order chi connectivity index (χ0) is 26.2. The summed E-state index contributed by atoms with van der Waals surface area (Å²) < 4.78 is 10.6. The predicted octanol–water partition coefficient (Wildman–Crippen LogP) is 3.45. The summed E-state index contributed by atoms with van der Waals surface area (Å²) in [5.41, 5.74) is 1.98. The van der Waals surface area contributed by atoms with E-state index >= 15 is 0 Å². The van der Waals surface area contributed by atoms with Crippen LogP contribution in [0.15, 0.2) is 66.0 Å². The highest BCUT2D eigenvalue weighted by atomic mass is 32.1. The monoisotopic (exact) mass is 522 g/mol. The second-order valence-electron chi connectivity index (χ2n) is 8.94. The lowest BCUT2D eigenvalue weighted by molar-refractivity contribution is -0.140. The first-order chi connectivity index (χ1) is 18.0. The van der Waals surface area contributed by atoms with Crippen LogP contribution in [0.2, 0.25) is 0 Å². The Labute approximate surface area is 222 Å². The number of amides is 2. The van der Waals surface area contributed by atoms with Crippen LogP contribution < -0.4 is 25.0 Å². The van der Waals surface area contributed by atoms with Gasteiger partial charge in [-0.1, -0.05) is 24.3 Å². The van der Waals surface area contributed by atoms with Crippen molar-refractivity contribution in [3.05, 3.63) is 76.5 Å². The van der Waals surface area contributed by atoms with E-state index in [0.29, 0.717) is 5.75 Å². The largest absolute Gasteiger partial charge is 0.497 e. The molecule has 0 bridgehead atoms. The highest BCUT2D eigenvalue weighted by molar-refractivity contribution is 7.10. The van der Waals surface area contributed by atoms with Crippen molar-refractivity contribution in [1.29, 1.82) is 0 Å². The summed E-state index contributed by atoms with van der Waals surface area (Å²) in [4.78, 5) is 31.3. The summed E-state index contributed by atoms with van der Waals surface area (Å²) in [7, 11) is 3.25. The fourth-order valence-electron chi connectivity index (χ4n) is 4.71. The van der Waals surface area contributed by atoms with E-state index in [4.69, 9.17) is 9.47 Å². The number of nitrogens with one attached hydrogen (secondary N) is 2. The third-order valence-electron chi connectivity index (χ3n) is 6.65. The van der Waals surface area contributed by atoms with E-state index in [2.05, 4.69) is 38.6 Å². The van der Waals surface area contributed by atoms with Gasteiger partial charge in [0.25, 0.3) is 0 Å². The molecule has 1 aromatic heterocycles. The van der Waals surface area contributed by atoms with Crippen molar-refractivity contribution >= 4 is 28.8 Å². The van der Waals surface area contributed by atoms with Gasteiger partial charge in [-0.05, 0) is 48.7 Å². The Kier molecular flexibility index (Phi) is 9.03. The molecule has 1 aliphatic rings. The van der Waals surface area contributed by atoms with Crippen molar-refractivity contribution in [2.75, 3.05) is 45.3 Å². The lowest BCUT2D eigenvalue weighted by Crippen LogP contribution is -2.53. The fraction of sp³-hybridized carbons (Fsp3) is 0.357. The van der Waals surface area contributed by atoms with E-state index < -0.39 is 11.8 Å². The maximum Gasteiger partial charge on any atom is 0.309 e. The van der Waals surface area contributed by atoms with Crippen molar-refractivity contribution in [3.63, 3.8) is 0 Å². The summed E-state index contributed by atoms with van der Waals surface area (Å²) in [5, 5.41) is 7.69. The molecule has 1 fully saturated rings. The van der Waals surface area contributed by atoms with E-state index in [0.717, 1.165) is 37.5 Å². The number of ether oxygens (including phenoxy) is 2. The molecule has 37 heavy (non-hydrogen) atoms. The van der Waals surface area contributed by atoms with Gasteiger partial charge in [0, 0.05) is 54.9 Å². The molecule has 0 spiro atoms. The molecule has 9 heteroatoms. The number of benzene rings is 2. The van der Waals surface area contributed by atoms with Crippen molar-refractivity contribution in [1.82, 2.24) is 15.5 Å². The normalized spacial score (nSPS) is 15.5. The van der Waals surface area contributed by atoms with Gasteiger partial charge in [-0.2, -0.15) is 0 Å². The zero-order valence-corrected chi connectivity index (χ0v) is 22.3. The molecule has 0 saturated carbocycles. The van der Waals surface area contributed by atoms with Gasteiger partial charge in [-0.25, -0.2) is 0 Å². The summed E-state index contributed by atoms with van der Waals surface area (Å²) in [5.74, 6) is 0.215. The number of methoxy groups -OCH3 is 2. The summed E-state index contributed by atoms with van der Waals surface area (Å²) in [6, 6.07) is 19.4. The highest BCUT2D eigenvalue weighted by Gasteiger charge is 2.32. The molecule has 196 valence electrons. The van der Waals surface area contributed by atoms with E-state index in [1.165, 1.54) is 10.6 Å². The Hall–Kier alpha value is -3.56. The van der Waals surface area contributed by atoms with Gasteiger partial charge in [-0.3, -0.25) is 14.5 Å². The average molecular weight is 523 g/mol. The number of carbonyl (C=O) groups excluding carboxylic acids is 2. The van der Waals surface area contributed by atoms with Gasteiger partial charge in [-0.15, -0.1) is 11.3 Å². The SMILES string of the molecule is COc1ccc(N2CCN([C@@H](c3cccs3)[C@@H](C)NC(=O)C(=O)NCc3ccccc3OC)CC2)cc1. The smallest absolute Gasteiger partial charge is 0.309 e. The number of carbonyl (C=O) groups is 2. The second kappa shape index (κ2) is 12.6. The Morgan fingerprint density at radius 1 is 0.919 bits per heavy atom. The van der Waals surface area contributed by atoms with Crippen molar-refractivity contribution in [2.24, 2.45) is 0 Å². The molecular weight excluding hydrogens is 488 g/mol. The predicted molar refractivity (Wildman–Crippen MR) is 146 cm³/mol. The van der Waals surface area contributed by atoms with Crippen LogP contribution in [0.25, 0.3) is 0 Å². The van der Waals surface area contributed by atoms with Gasteiger partial charge >= 0.3 is 11.8 Å². The molecule has 2 amide bonds. The van der Waals surface area contributed by atoms with Crippen LogP contribution in [0.5, 0.6) is 11.5 Å². The molecule has 2 heterocycles. The Morgan fingerprint density at radius 2 is 1.65 bits per heavy atom. The molecule has 2 N–H and O–H groups in total. The van der Waals surface area contributed by atoms with Crippen LogP contribution >= 0.6 is 11.3 Å². The first kappa shape index (κ1) is 26.5. The minimum atomic E-state index is -0.660. The molecule has 1 saturated heterocycles. The van der Waals surface area contributed by atoms with Crippen molar-refractivity contribution < 1.29 is 19.1 Å². The maximum absolute atomic E-state index is 12.8. The first-order valence-corrected chi connectivity index (χ1v) is 13.2. The molecule has 2 aromatic carbocycles. The van der Waals surface area contributed by atoms with E-state index in [1.54, 1.807) is 25.6 Å². The number of piperazine rings is 1. The standard InChI is InChI=1S/C28H34N4O4S/c1-20(30-28(34)27(33)29-19-21-7-4-5-8-24(21)36-3)26(25-9-6-18-37-25)32-16-14-31(15-17-32)22-10-12-23(35-2)13-11-22/h4-13,18,20,26H,14-17,19H2,1-3H3,(H,29,33)(H,30,34)/t20-,26-/m1/s1. The first-order valence-electron chi connectivity index (χ1n) is 12.4. The highest BCUT2D eigenvalue weighted by Crippen LogP contribution is 2.30. The molecule has 1 aliphatic heterocycles. The number of hydrogen-bond acceptors (Lipinski definition) is 7. The number of para-hydroxylation sites is 1. The number of thiophene rings is 1. The molecular formula is C28H34N4O4S. The van der Waals surface area contributed by atoms with Crippen molar-refractivity contribution in [2.45, 2.75) is 25.6 Å². The topological polar surface area (TPSA) is 83.1 Å². The second-order valence-corrected chi connectivity index (χ2v) is 9.92. The lowest BCUT2D eigenvalue weighted by Gasteiger charge is -2.42. The Bertz CT molecular complexity index is 1160. The quantitative estimate of drug-likeness (QED) is 0.419. The molecule has 2 atom stereocenters. The van der Waals surface area contributed by atoms with Crippen LogP contribution in [0, 0.1) is 0 Å². The van der Waals surface area contributed by atoms with Gasteiger partial charge in [0.15, 0.2) is 0 Å². The van der Waals surface area contributed by atoms with Crippen LogP contribution in [-0.4, -0.2) is 63.2 Å². The summed E-state index contributed by atoms with van der Waals surface area (Å²) >= 11 is 1.67. The van der Waals surface area contributed by atoms with Crippen LogP contribution in [0.4, 0.5) is 5.69 Å². The molecule has 3 aromatic rings.